The van der Waals surface area contributed by atoms with E-state index in [0.29, 0.717) is 25.3 Å². The Morgan fingerprint density at radius 2 is 1.63 bits per heavy atom. The zero-order valence-corrected chi connectivity index (χ0v) is 15.8. The van der Waals surface area contributed by atoms with E-state index >= 15 is 0 Å². The molecule has 0 heterocycles. The van der Waals surface area contributed by atoms with Crippen LogP contribution in [0.15, 0.2) is 48.5 Å². The van der Waals surface area contributed by atoms with E-state index in [4.69, 9.17) is 21.7 Å². The van der Waals surface area contributed by atoms with Gasteiger partial charge in [0, 0.05) is 12.1 Å². The maximum atomic E-state index is 12.8. The second-order valence-corrected chi connectivity index (χ2v) is 5.90. The van der Waals surface area contributed by atoms with Gasteiger partial charge in [0.2, 0.25) is 5.91 Å². The third-order valence-electron chi connectivity index (χ3n) is 3.37. The number of hydrogen-bond acceptors (Lipinski definition) is 4. The van der Waals surface area contributed by atoms with Crippen LogP contribution in [0.2, 0.25) is 0 Å². The van der Waals surface area contributed by atoms with Crippen LogP contribution in [0.5, 0.6) is 11.5 Å². The molecule has 0 bridgehead atoms. The highest BCUT2D eigenvalue weighted by molar-refractivity contribution is 7.80. The molecule has 144 valence electrons. The molecule has 6 nitrogen and oxygen atoms in total. The lowest BCUT2D eigenvalue weighted by atomic mass is 10.3. The molecule has 0 aromatic heterocycles. The fourth-order valence-corrected chi connectivity index (χ4v) is 2.27. The van der Waals surface area contributed by atoms with Crippen LogP contribution in [-0.2, 0) is 4.79 Å². The van der Waals surface area contributed by atoms with Gasteiger partial charge in [0.15, 0.2) is 5.11 Å². The summed E-state index contributed by atoms with van der Waals surface area (Å²) in [4.78, 5) is 11.8. The number of hydrazine groups is 1. The van der Waals surface area contributed by atoms with Crippen molar-refractivity contribution in [3.63, 3.8) is 0 Å². The average molecular weight is 391 g/mol. The fraction of sp³-hybridized carbons (Fsp3) is 0.263. The molecule has 2 aromatic carbocycles. The predicted octanol–water partition coefficient (Wildman–Crippen LogP) is 3.40. The third-order valence-corrected chi connectivity index (χ3v) is 3.57. The van der Waals surface area contributed by atoms with E-state index in [2.05, 4.69) is 16.2 Å². The third kappa shape index (κ3) is 7.91. The molecule has 0 aliphatic carbocycles. The quantitative estimate of drug-likeness (QED) is 0.364. The van der Waals surface area contributed by atoms with Crippen molar-refractivity contribution < 1.29 is 18.7 Å². The number of amides is 1. The molecular formula is C19H22FN3O3S. The minimum absolute atomic E-state index is 0.209. The van der Waals surface area contributed by atoms with E-state index in [-0.39, 0.29) is 23.3 Å². The summed E-state index contributed by atoms with van der Waals surface area (Å²) in [6.45, 7) is 2.96. The number of thiocarbonyl (C=S) groups is 1. The second-order valence-electron chi connectivity index (χ2n) is 5.49. The lowest BCUT2D eigenvalue weighted by Crippen LogP contribution is -2.43. The predicted molar refractivity (Wildman–Crippen MR) is 106 cm³/mol. The lowest BCUT2D eigenvalue weighted by molar-refractivity contribution is -0.121. The van der Waals surface area contributed by atoms with Crippen molar-refractivity contribution in [3.05, 3.63) is 54.3 Å². The summed E-state index contributed by atoms with van der Waals surface area (Å²) in [5.74, 6) is 0.968. The smallest absolute Gasteiger partial charge is 0.238 e. The molecule has 0 spiro atoms. The molecule has 0 radical (unpaired) electrons. The Morgan fingerprint density at radius 1 is 1.00 bits per heavy atom. The first-order valence-electron chi connectivity index (χ1n) is 8.54. The Bertz CT molecular complexity index is 739. The van der Waals surface area contributed by atoms with Crippen molar-refractivity contribution >= 4 is 28.9 Å². The van der Waals surface area contributed by atoms with Crippen LogP contribution in [0.25, 0.3) is 0 Å². The summed E-state index contributed by atoms with van der Waals surface area (Å²) in [7, 11) is 0. The van der Waals surface area contributed by atoms with Crippen molar-refractivity contribution in [2.75, 3.05) is 18.5 Å². The normalized spacial score (nSPS) is 10.0. The van der Waals surface area contributed by atoms with Crippen LogP contribution >= 0.6 is 12.2 Å². The van der Waals surface area contributed by atoms with E-state index in [1.54, 1.807) is 12.1 Å². The number of ether oxygens (including phenoxy) is 2. The molecule has 0 aliphatic rings. The highest BCUT2D eigenvalue weighted by Crippen LogP contribution is 2.17. The summed E-state index contributed by atoms with van der Waals surface area (Å²) in [5, 5.41) is 3.04. The first-order chi connectivity index (χ1) is 13.1. The van der Waals surface area contributed by atoms with Crippen molar-refractivity contribution in [1.29, 1.82) is 0 Å². The van der Waals surface area contributed by atoms with Gasteiger partial charge in [-0.15, -0.1) is 0 Å². The molecule has 0 atom stereocenters. The SMILES string of the molecule is CCOc1ccc(OCCCC(=O)NNC(=S)Nc2ccc(F)cc2)cc1. The van der Waals surface area contributed by atoms with Gasteiger partial charge in [-0.2, -0.15) is 0 Å². The van der Waals surface area contributed by atoms with Gasteiger partial charge >= 0.3 is 0 Å². The average Bonchev–Trinajstić information content (AvgIpc) is 2.67. The maximum Gasteiger partial charge on any atom is 0.238 e. The molecule has 0 aliphatic heterocycles. The highest BCUT2D eigenvalue weighted by Gasteiger charge is 2.03. The molecule has 27 heavy (non-hydrogen) atoms. The number of nitrogens with one attached hydrogen (secondary N) is 3. The van der Waals surface area contributed by atoms with E-state index in [0.717, 1.165) is 11.5 Å². The lowest BCUT2D eigenvalue weighted by Gasteiger charge is -2.12. The number of carbonyl (C=O) groups is 1. The largest absolute Gasteiger partial charge is 0.494 e. The molecule has 0 saturated heterocycles. The van der Waals surface area contributed by atoms with Crippen LogP contribution < -0.4 is 25.6 Å². The highest BCUT2D eigenvalue weighted by atomic mass is 32.1. The molecular weight excluding hydrogens is 369 g/mol. The zero-order chi connectivity index (χ0) is 19.5. The Morgan fingerprint density at radius 3 is 2.26 bits per heavy atom. The Kier molecular flexibility index (Phi) is 8.31. The van der Waals surface area contributed by atoms with Crippen LogP contribution in [0, 0.1) is 5.82 Å². The summed E-state index contributed by atoms with van der Waals surface area (Å²) in [6, 6.07) is 13.0. The summed E-state index contributed by atoms with van der Waals surface area (Å²) < 4.78 is 23.8. The number of anilines is 1. The van der Waals surface area contributed by atoms with Crippen molar-refractivity contribution in [3.8, 4) is 11.5 Å². The second kappa shape index (κ2) is 11.0. The van der Waals surface area contributed by atoms with Gasteiger partial charge in [-0.3, -0.25) is 15.6 Å². The van der Waals surface area contributed by atoms with Gasteiger partial charge < -0.3 is 14.8 Å². The summed E-state index contributed by atoms with van der Waals surface area (Å²) >= 11 is 5.05. The number of carbonyl (C=O) groups excluding carboxylic acids is 1. The Balaban J connectivity index is 1.59. The van der Waals surface area contributed by atoms with E-state index in [9.17, 15) is 9.18 Å². The molecule has 0 saturated carbocycles. The fourth-order valence-electron chi connectivity index (χ4n) is 2.11. The van der Waals surface area contributed by atoms with Crippen molar-refractivity contribution in [2.24, 2.45) is 0 Å². The molecule has 2 rings (SSSR count). The van der Waals surface area contributed by atoms with E-state index in [1.807, 2.05) is 31.2 Å². The van der Waals surface area contributed by atoms with Crippen LogP contribution in [-0.4, -0.2) is 24.2 Å². The minimum Gasteiger partial charge on any atom is -0.494 e. The summed E-state index contributed by atoms with van der Waals surface area (Å²) in [5.41, 5.74) is 5.71. The molecule has 0 fully saturated rings. The Labute approximate surface area is 163 Å². The number of rotatable bonds is 8. The monoisotopic (exact) mass is 391 g/mol. The molecule has 2 aromatic rings. The standard InChI is InChI=1S/C19H22FN3O3S/c1-2-25-16-9-11-17(12-10-16)26-13-3-4-18(24)22-23-19(27)21-15-7-5-14(20)6-8-15/h5-12H,2-4,13H2,1H3,(H,22,24)(H2,21,23,27). The number of benzene rings is 2. The zero-order valence-electron chi connectivity index (χ0n) is 15.0. The van der Waals surface area contributed by atoms with Crippen LogP contribution in [0.3, 0.4) is 0 Å². The molecule has 3 N–H and O–H groups in total. The maximum absolute atomic E-state index is 12.8. The first kappa shape index (κ1) is 20.4. The first-order valence-corrected chi connectivity index (χ1v) is 8.94. The van der Waals surface area contributed by atoms with Crippen LogP contribution in [0.4, 0.5) is 10.1 Å². The molecule has 8 heteroatoms. The molecule has 1 amide bonds. The number of hydrogen-bond donors (Lipinski definition) is 3. The van der Waals surface area contributed by atoms with Crippen molar-refractivity contribution in [2.45, 2.75) is 19.8 Å². The van der Waals surface area contributed by atoms with E-state index in [1.165, 1.54) is 12.1 Å². The molecule has 0 unspecified atom stereocenters. The Hall–Kier alpha value is -2.87. The van der Waals surface area contributed by atoms with Gasteiger partial charge in [-0.25, -0.2) is 4.39 Å². The topological polar surface area (TPSA) is 71.6 Å². The van der Waals surface area contributed by atoms with E-state index < -0.39 is 0 Å². The van der Waals surface area contributed by atoms with Gasteiger partial charge in [-0.1, -0.05) is 0 Å². The van der Waals surface area contributed by atoms with Gasteiger partial charge in [-0.05, 0) is 74.1 Å². The summed E-state index contributed by atoms with van der Waals surface area (Å²) in [6.07, 6.45) is 0.835. The van der Waals surface area contributed by atoms with Gasteiger partial charge in [0.05, 0.1) is 13.2 Å². The minimum atomic E-state index is -0.333. The van der Waals surface area contributed by atoms with Gasteiger partial charge in [0.25, 0.3) is 0 Å². The van der Waals surface area contributed by atoms with Gasteiger partial charge in [0.1, 0.15) is 17.3 Å². The van der Waals surface area contributed by atoms with Crippen molar-refractivity contribution in [1.82, 2.24) is 10.9 Å². The number of halogens is 1. The van der Waals surface area contributed by atoms with Crippen LogP contribution in [0.1, 0.15) is 19.8 Å².